The second kappa shape index (κ2) is 15.1. The normalized spacial score (nSPS) is 13.6. The summed E-state index contributed by atoms with van der Waals surface area (Å²) in [5, 5.41) is 13.7. The number of alkyl carbamates (subject to hydrolysis) is 1. The van der Waals surface area contributed by atoms with Crippen LogP contribution in [-0.4, -0.2) is 40.1 Å². The average Bonchev–Trinajstić information content (AvgIpc) is 3.43. The summed E-state index contributed by atoms with van der Waals surface area (Å²) in [6.07, 6.45) is 2.08. The number of aromatic nitrogens is 2. The molecule has 0 saturated carbocycles. The molecule has 3 atom stereocenters. The van der Waals surface area contributed by atoms with Crippen LogP contribution in [0.3, 0.4) is 0 Å². The van der Waals surface area contributed by atoms with Gasteiger partial charge in [0.1, 0.15) is 12.1 Å². The van der Waals surface area contributed by atoms with E-state index in [1.165, 1.54) is 0 Å². The molecule has 0 aliphatic carbocycles. The van der Waals surface area contributed by atoms with Gasteiger partial charge in [-0.2, -0.15) is 0 Å². The number of Topliss-reactive ketones (excluding diaryl/α,β-unsaturated/α-hetero) is 1. The number of rotatable bonds is 15. The lowest BCUT2D eigenvalue weighted by molar-refractivity contribution is -0.139. The second-order valence-electron chi connectivity index (χ2n) is 11.1. The highest BCUT2D eigenvalue weighted by atomic mass is 16.6. The molecule has 3 aromatic rings. The van der Waals surface area contributed by atoms with E-state index < -0.39 is 29.9 Å². The number of benzene rings is 2. The first-order chi connectivity index (χ1) is 19.6. The predicted molar refractivity (Wildman–Crippen MR) is 157 cm³/mol. The molecule has 3 rings (SSSR count). The van der Waals surface area contributed by atoms with E-state index in [9.17, 15) is 14.4 Å². The summed E-state index contributed by atoms with van der Waals surface area (Å²) in [5.41, 5.74) is 1.55. The average molecular weight is 563 g/mol. The first-order valence-electron chi connectivity index (χ1n) is 14.4. The third kappa shape index (κ3) is 9.84. The Balaban J connectivity index is 1.69. The van der Waals surface area contributed by atoms with E-state index in [2.05, 4.69) is 41.6 Å². The van der Waals surface area contributed by atoms with Crippen LogP contribution in [0.2, 0.25) is 0 Å². The number of nitrogens with one attached hydrogen (secondary N) is 2. The number of hydrogen-bond donors (Lipinski definition) is 2. The molecular weight excluding hydrogens is 520 g/mol. The van der Waals surface area contributed by atoms with Crippen molar-refractivity contribution in [1.29, 1.82) is 0 Å². The summed E-state index contributed by atoms with van der Waals surface area (Å²) >= 11 is 0. The van der Waals surface area contributed by atoms with E-state index >= 15 is 0 Å². The summed E-state index contributed by atoms with van der Waals surface area (Å²) in [6, 6.07) is 17.5. The standard InChI is InChI=1S/C32H42N4O5/c1-6-8-19-26(28(37)29(38)33-22(3)23-15-11-9-12-16-23)34-31(39)40-25(21-32(4,5)7-2)20-27-35-36-30(41-27)24-17-13-10-14-18-24/h9-18,22,25-26H,6-8,19-21H2,1-5H3,(H,33,38)(H,34,39)/t22-,25+,26+/m1/s1. The van der Waals surface area contributed by atoms with Gasteiger partial charge in [0.15, 0.2) is 0 Å². The predicted octanol–water partition coefficient (Wildman–Crippen LogP) is 6.21. The van der Waals surface area contributed by atoms with E-state index in [0.29, 0.717) is 31.0 Å². The van der Waals surface area contributed by atoms with Crippen molar-refractivity contribution >= 4 is 17.8 Å². The Bertz CT molecular complexity index is 1260. The molecule has 0 radical (unpaired) electrons. The highest BCUT2D eigenvalue weighted by molar-refractivity contribution is 6.38. The number of unbranched alkanes of at least 4 members (excludes halogenated alkanes) is 1. The lowest BCUT2D eigenvalue weighted by atomic mass is 9.83. The topological polar surface area (TPSA) is 123 Å². The molecule has 2 aromatic carbocycles. The van der Waals surface area contributed by atoms with Gasteiger partial charge in [-0.15, -0.1) is 10.2 Å². The molecule has 220 valence electrons. The van der Waals surface area contributed by atoms with Gasteiger partial charge in [0.2, 0.25) is 17.6 Å². The molecule has 1 aromatic heterocycles. The van der Waals surface area contributed by atoms with Gasteiger partial charge in [0.25, 0.3) is 5.91 Å². The van der Waals surface area contributed by atoms with Crippen LogP contribution in [-0.2, 0) is 20.7 Å². The zero-order valence-electron chi connectivity index (χ0n) is 24.7. The zero-order valence-corrected chi connectivity index (χ0v) is 24.7. The number of hydrogen-bond acceptors (Lipinski definition) is 7. The molecule has 41 heavy (non-hydrogen) atoms. The van der Waals surface area contributed by atoms with Gasteiger partial charge in [-0.05, 0) is 42.9 Å². The van der Waals surface area contributed by atoms with Gasteiger partial charge < -0.3 is 19.8 Å². The summed E-state index contributed by atoms with van der Waals surface area (Å²) < 4.78 is 11.7. The van der Waals surface area contributed by atoms with Gasteiger partial charge in [0.05, 0.1) is 12.5 Å². The fourth-order valence-corrected chi connectivity index (χ4v) is 4.40. The number of nitrogens with zero attached hydrogens (tertiary/aromatic N) is 2. The molecule has 0 aliphatic heterocycles. The lowest BCUT2D eigenvalue weighted by Gasteiger charge is -2.28. The molecule has 0 aliphatic rings. The maximum Gasteiger partial charge on any atom is 0.408 e. The SMILES string of the molecule is CCCC[C@H](NC(=O)O[C@@H](Cc1nnc(-c2ccccc2)o1)CC(C)(C)CC)C(=O)C(=O)N[C@H](C)c1ccccc1. The van der Waals surface area contributed by atoms with Crippen LogP contribution < -0.4 is 10.6 Å². The molecule has 2 amide bonds. The number of ether oxygens (including phenoxy) is 1. The minimum Gasteiger partial charge on any atom is -0.446 e. The number of ketones is 1. The van der Waals surface area contributed by atoms with E-state index in [4.69, 9.17) is 9.15 Å². The summed E-state index contributed by atoms with van der Waals surface area (Å²) in [5.74, 6) is -0.709. The Morgan fingerprint density at radius 3 is 2.24 bits per heavy atom. The van der Waals surface area contributed by atoms with Gasteiger partial charge in [-0.3, -0.25) is 9.59 Å². The molecule has 0 saturated heterocycles. The van der Waals surface area contributed by atoms with Crippen LogP contribution >= 0.6 is 0 Å². The minimum atomic E-state index is -1.00. The van der Waals surface area contributed by atoms with Crippen LogP contribution in [0.5, 0.6) is 0 Å². The molecule has 1 heterocycles. The first-order valence-corrected chi connectivity index (χ1v) is 14.4. The van der Waals surface area contributed by atoms with Crippen molar-refractivity contribution in [3.05, 3.63) is 72.1 Å². The monoisotopic (exact) mass is 562 g/mol. The van der Waals surface area contributed by atoms with Gasteiger partial charge >= 0.3 is 6.09 Å². The Labute approximate surface area is 242 Å². The van der Waals surface area contributed by atoms with Crippen LogP contribution in [0.1, 0.15) is 84.2 Å². The fraction of sp³-hybridized carbons (Fsp3) is 0.469. The summed E-state index contributed by atoms with van der Waals surface area (Å²) in [6.45, 7) is 10.1. The molecule has 0 bridgehead atoms. The molecule has 0 spiro atoms. The van der Waals surface area contributed by atoms with Crippen molar-refractivity contribution in [1.82, 2.24) is 20.8 Å². The van der Waals surface area contributed by atoms with Crippen molar-refractivity contribution in [2.45, 2.75) is 91.3 Å². The number of carbonyl (C=O) groups is 3. The van der Waals surface area contributed by atoms with Crippen LogP contribution in [0.25, 0.3) is 11.5 Å². The Hall–Kier alpha value is -4.01. The Morgan fingerprint density at radius 2 is 1.61 bits per heavy atom. The Morgan fingerprint density at radius 1 is 0.951 bits per heavy atom. The molecule has 2 N–H and O–H groups in total. The van der Waals surface area contributed by atoms with Crippen molar-refractivity contribution in [3.63, 3.8) is 0 Å². The number of carbonyl (C=O) groups excluding carboxylic acids is 3. The molecule has 9 heteroatoms. The van der Waals surface area contributed by atoms with Crippen LogP contribution in [0.4, 0.5) is 4.79 Å². The highest BCUT2D eigenvalue weighted by Crippen LogP contribution is 2.29. The van der Waals surface area contributed by atoms with Gasteiger partial charge in [-0.1, -0.05) is 95.5 Å². The minimum absolute atomic E-state index is 0.127. The maximum atomic E-state index is 13.1. The number of amides is 2. The largest absolute Gasteiger partial charge is 0.446 e. The van der Waals surface area contributed by atoms with E-state index in [1.54, 1.807) is 0 Å². The molecule has 0 unspecified atom stereocenters. The maximum absolute atomic E-state index is 13.1. The second-order valence-corrected chi connectivity index (χ2v) is 11.1. The zero-order chi connectivity index (χ0) is 29.8. The molecule has 0 fully saturated rings. The fourth-order valence-electron chi connectivity index (χ4n) is 4.40. The first kappa shape index (κ1) is 31.5. The lowest BCUT2D eigenvalue weighted by Crippen LogP contribution is -2.48. The van der Waals surface area contributed by atoms with Gasteiger partial charge in [-0.25, -0.2) is 4.79 Å². The van der Waals surface area contributed by atoms with E-state index in [-0.39, 0.29) is 17.9 Å². The van der Waals surface area contributed by atoms with Crippen molar-refractivity contribution in [3.8, 4) is 11.5 Å². The van der Waals surface area contributed by atoms with Gasteiger partial charge in [0, 0.05) is 5.56 Å². The molecular formula is C32H42N4O5. The van der Waals surface area contributed by atoms with Crippen LogP contribution in [0.15, 0.2) is 65.1 Å². The third-order valence-corrected chi connectivity index (χ3v) is 7.23. The van der Waals surface area contributed by atoms with E-state index in [0.717, 1.165) is 24.0 Å². The van der Waals surface area contributed by atoms with Crippen molar-refractivity contribution in [2.24, 2.45) is 5.41 Å². The highest BCUT2D eigenvalue weighted by Gasteiger charge is 2.31. The summed E-state index contributed by atoms with van der Waals surface area (Å²) in [4.78, 5) is 39.1. The molecule has 9 nitrogen and oxygen atoms in total. The van der Waals surface area contributed by atoms with Crippen LogP contribution in [0, 0.1) is 5.41 Å². The van der Waals surface area contributed by atoms with E-state index in [1.807, 2.05) is 74.5 Å². The van der Waals surface area contributed by atoms with Crippen molar-refractivity contribution < 1.29 is 23.5 Å². The van der Waals surface area contributed by atoms with Crippen molar-refractivity contribution in [2.75, 3.05) is 0 Å². The quantitative estimate of drug-likeness (QED) is 0.211. The summed E-state index contributed by atoms with van der Waals surface area (Å²) in [7, 11) is 0. The Kier molecular flexibility index (Phi) is 11.6. The third-order valence-electron chi connectivity index (χ3n) is 7.23. The smallest absolute Gasteiger partial charge is 0.408 e.